The number of aryl methyl sites for hydroxylation is 1. The van der Waals surface area contributed by atoms with Crippen LogP contribution in [0, 0.1) is 12.8 Å². The number of ether oxygens (including phenoxy) is 2. The van der Waals surface area contributed by atoms with Crippen LogP contribution in [-0.4, -0.2) is 78.2 Å². The maximum absolute atomic E-state index is 13.7. The molecule has 3 heterocycles. The van der Waals surface area contributed by atoms with E-state index < -0.39 is 32.3 Å². The van der Waals surface area contributed by atoms with Gasteiger partial charge < -0.3 is 14.8 Å². The van der Waals surface area contributed by atoms with E-state index in [2.05, 4.69) is 30.5 Å². The Morgan fingerprint density at radius 2 is 1.96 bits per heavy atom. The van der Waals surface area contributed by atoms with Gasteiger partial charge in [0, 0.05) is 41.3 Å². The molecule has 0 spiro atoms. The smallest absolute Gasteiger partial charge is 0.259 e. The number of rotatable bonds is 11. The molecule has 46 heavy (non-hydrogen) atoms. The van der Waals surface area contributed by atoms with Gasteiger partial charge in [0.15, 0.2) is 0 Å². The predicted molar refractivity (Wildman–Crippen MR) is 178 cm³/mol. The Balaban J connectivity index is 1.23. The normalized spacial score (nSPS) is 25.3. The van der Waals surface area contributed by atoms with Crippen molar-refractivity contribution in [2.45, 2.75) is 81.7 Å². The fourth-order valence-corrected chi connectivity index (χ4v) is 8.37. The summed E-state index contributed by atoms with van der Waals surface area (Å²) in [5.41, 5.74) is 1.99. The number of hydrogen-bond acceptors (Lipinski definition) is 10. The first-order chi connectivity index (χ1) is 21.7. The highest BCUT2D eigenvalue weighted by Gasteiger charge is 2.62. The summed E-state index contributed by atoms with van der Waals surface area (Å²) in [4.78, 5) is 38.7. The molecule has 2 aromatic heterocycles. The second-order valence-electron chi connectivity index (χ2n) is 13.3. The van der Waals surface area contributed by atoms with Gasteiger partial charge in [-0.25, -0.2) is 18.4 Å². The molecule has 2 amide bonds. The van der Waals surface area contributed by atoms with E-state index in [1.165, 1.54) is 11.3 Å². The molecule has 2 aliphatic carbocycles. The Labute approximate surface area is 273 Å². The Bertz CT molecular complexity index is 1830. The molecule has 3 fully saturated rings. The first-order valence-corrected chi connectivity index (χ1v) is 17.9. The highest BCUT2D eigenvalue weighted by atomic mass is 32.2. The van der Waals surface area contributed by atoms with Crippen LogP contribution in [0.15, 0.2) is 36.2 Å². The Kier molecular flexibility index (Phi) is 8.17. The topological polar surface area (TPSA) is 140 Å². The van der Waals surface area contributed by atoms with E-state index in [1.807, 2.05) is 42.5 Å². The summed E-state index contributed by atoms with van der Waals surface area (Å²) in [5, 5.41) is 6.56. The molecule has 4 atom stereocenters. The van der Waals surface area contributed by atoms with E-state index in [9.17, 15) is 18.0 Å². The molecular formula is C33H41N5O6S2. The maximum Gasteiger partial charge on any atom is 0.259 e. The molecule has 0 bridgehead atoms. The van der Waals surface area contributed by atoms with Crippen molar-refractivity contribution in [3.05, 3.63) is 47.5 Å². The third-order valence-electron chi connectivity index (χ3n) is 9.69. The summed E-state index contributed by atoms with van der Waals surface area (Å²) in [5.74, 6) is 0.215. The number of amides is 2. The lowest BCUT2D eigenvalue weighted by atomic mass is 10.1. The number of carbonyl (C=O) groups excluding carboxylic acids is 2. The van der Waals surface area contributed by atoms with Gasteiger partial charge in [-0.3, -0.25) is 19.2 Å². The van der Waals surface area contributed by atoms with Crippen molar-refractivity contribution in [3.8, 4) is 22.2 Å². The molecule has 0 radical (unpaired) electrons. The number of sulfonamides is 1. The second-order valence-corrected chi connectivity index (χ2v) is 16.4. The monoisotopic (exact) mass is 667 g/mol. The van der Waals surface area contributed by atoms with Crippen LogP contribution in [0.25, 0.3) is 21.6 Å². The largest absolute Gasteiger partial charge is 0.496 e. The van der Waals surface area contributed by atoms with Crippen LogP contribution in [0.2, 0.25) is 0 Å². The number of thiazole rings is 1. The number of aromatic nitrogens is 2. The molecule has 4 unspecified atom stereocenters. The first kappa shape index (κ1) is 32.4. The number of methoxy groups -OCH3 is 1. The van der Waals surface area contributed by atoms with Crippen molar-refractivity contribution < 1.29 is 27.5 Å². The number of likely N-dealkylation sites (N-methyl/N-ethyl adjacent to an activating group) is 1. The Hall–Kier alpha value is -3.55. The van der Waals surface area contributed by atoms with Crippen LogP contribution in [-0.2, 0) is 19.6 Å². The van der Waals surface area contributed by atoms with Gasteiger partial charge in [-0.15, -0.1) is 17.9 Å². The number of carbonyl (C=O) groups is 2. The molecule has 13 heteroatoms. The number of likely N-dealkylation sites (tertiary alicyclic amines) is 1. The number of fused-ring (bicyclic) bond motifs is 1. The van der Waals surface area contributed by atoms with Gasteiger partial charge in [-0.2, -0.15) is 0 Å². The maximum atomic E-state index is 13.7. The van der Waals surface area contributed by atoms with Gasteiger partial charge in [0.1, 0.15) is 33.8 Å². The number of pyridine rings is 1. The standard InChI is InChI=1S/C33H41N5O6S2/c1-8-20-15-33(20,31(40)37-46(41,42)32(5)11-12-32)36-29(39)25-13-21(16-38(25)6)44-27-14-23(30-35-24(17-45-30)18(2)3)34-28-19(4)26(43-7)10-9-22(27)28/h8-10,14,17-18,20-21,25H,1,11-13,15-16H2,2-7H3,(H,36,39)(H,37,40). The van der Waals surface area contributed by atoms with Crippen molar-refractivity contribution in [2.24, 2.45) is 5.92 Å². The van der Waals surface area contributed by atoms with Crippen LogP contribution in [0.3, 0.4) is 0 Å². The van der Waals surface area contributed by atoms with E-state index in [1.54, 1.807) is 20.1 Å². The molecule has 3 aromatic rings. The van der Waals surface area contributed by atoms with Gasteiger partial charge in [0.05, 0.1) is 29.1 Å². The number of nitrogens with zero attached hydrogens (tertiary/aromatic N) is 3. The molecule has 2 saturated carbocycles. The zero-order valence-corrected chi connectivity index (χ0v) is 28.7. The average Bonchev–Trinajstić information content (AvgIpc) is 3.81. The molecule has 2 N–H and O–H groups in total. The second kappa shape index (κ2) is 11.6. The summed E-state index contributed by atoms with van der Waals surface area (Å²) in [6.45, 7) is 12.0. The van der Waals surface area contributed by atoms with E-state index in [4.69, 9.17) is 19.4 Å². The number of hydrogen-bond donors (Lipinski definition) is 2. The first-order valence-electron chi connectivity index (χ1n) is 15.5. The highest BCUT2D eigenvalue weighted by Crippen LogP contribution is 2.47. The Morgan fingerprint density at radius 1 is 1.22 bits per heavy atom. The van der Waals surface area contributed by atoms with Gasteiger partial charge in [-0.05, 0) is 58.2 Å². The predicted octanol–water partition coefficient (Wildman–Crippen LogP) is 4.31. The van der Waals surface area contributed by atoms with Crippen LogP contribution in [0.1, 0.15) is 63.6 Å². The van der Waals surface area contributed by atoms with Crippen molar-refractivity contribution in [1.82, 2.24) is 24.9 Å². The van der Waals surface area contributed by atoms with E-state index in [0.29, 0.717) is 43.7 Å². The van der Waals surface area contributed by atoms with Crippen molar-refractivity contribution in [1.29, 1.82) is 0 Å². The Morgan fingerprint density at radius 3 is 2.57 bits per heavy atom. The molecule has 3 aliphatic rings. The van der Waals surface area contributed by atoms with Crippen LogP contribution in [0.4, 0.5) is 0 Å². The number of benzene rings is 1. The third kappa shape index (κ3) is 5.66. The molecule has 1 aromatic carbocycles. The van der Waals surface area contributed by atoms with E-state index in [-0.39, 0.29) is 23.8 Å². The van der Waals surface area contributed by atoms with Crippen molar-refractivity contribution in [2.75, 3.05) is 20.7 Å². The third-order valence-corrected chi connectivity index (χ3v) is 12.7. The SMILES string of the molecule is C=CC1CC1(NC(=O)C1CC(Oc2cc(-c3nc(C(C)C)cs3)nc3c(C)c(OC)ccc23)CN1C)C(=O)NS(=O)(=O)C1(C)CC1. The zero-order valence-electron chi connectivity index (χ0n) is 27.0. The average molecular weight is 668 g/mol. The minimum atomic E-state index is -3.85. The van der Waals surface area contributed by atoms with Crippen LogP contribution >= 0.6 is 11.3 Å². The van der Waals surface area contributed by atoms with Gasteiger partial charge >= 0.3 is 0 Å². The van der Waals surface area contributed by atoms with Crippen LogP contribution in [0.5, 0.6) is 11.5 Å². The van der Waals surface area contributed by atoms with Gasteiger partial charge in [0.2, 0.25) is 15.9 Å². The molecular weight excluding hydrogens is 627 g/mol. The highest BCUT2D eigenvalue weighted by molar-refractivity contribution is 7.91. The fraction of sp³-hybridized carbons (Fsp3) is 0.515. The summed E-state index contributed by atoms with van der Waals surface area (Å²) in [6, 6.07) is 5.14. The zero-order chi connectivity index (χ0) is 33.2. The fourth-order valence-electron chi connectivity index (χ4n) is 6.12. The molecule has 246 valence electrons. The van der Waals surface area contributed by atoms with Gasteiger partial charge in [0.25, 0.3) is 5.91 Å². The van der Waals surface area contributed by atoms with E-state index in [0.717, 1.165) is 32.9 Å². The minimum Gasteiger partial charge on any atom is -0.496 e. The lowest BCUT2D eigenvalue weighted by Crippen LogP contribution is -2.56. The molecule has 11 nitrogen and oxygen atoms in total. The molecule has 6 rings (SSSR count). The summed E-state index contributed by atoms with van der Waals surface area (Å²) in [7, 11) is -0.388. The molecule has 1 saturated heterocycles. The van der Waals surface area contributed by atoms with E-state index >= 15 is 0 Å². The quantitative estimate of drug-likeness (QED) is 0.287. The summed E-state index contributed by atoms with van der Waals surface area (Å²) in [6.07, 6.45) is 2.92. The summed E-state index contributed by atoms with van der Waals surface area (Å²) < 4.78 is 39.1. The van der Waals surface area contributed by atoms with Crippen LogP contribution < -0.4 is 19.5 Å². The van der Waals surface area contributed by atoms with Crippen molar-refractivity contribution in [3.63, 3.8) is 0 Å². The number of nitrogens with one attached hydrogen (secondary N) is 2. The molecule has 1 aliphatic heterocycles. The van der Waals surface area contributed by atoms with Crippen molar-refractivity contribution >= 4 is 44.1 Å². The minimum absolute atomic E-state index is 0.286. The lowest BCUT2D eigenvalue weighted by Gasteiger charge is -2.24. The summed E-state index contributed by atoms with van der Waals surface area (Å²) >= 11 is 1.54. The van der Waals surface area contributed by atoms with Gasteiger partial charge in [-0.1, -0.05) is 19.9 Å². The lowest BCUT2D eigenvalue weighted by molar-refractivity contribution is -0.131.